The van der Waals surface area contributed by atoms with Crippen molar-refractivity contribution < 1.29 is 23.1 Å². The summed E-state index contributed by atoms with van der Waals surface area (Å²) in [4.78, 5) is 15.8. The lowest BCUT2D eigenvalue weighted by molar-refractivity contribution is 0.0453. The van der Waals surface area contributed by atoms with Crippen LogP contribution in [0.4, 0.5) is 5.69 Å². The van der Waals surface area contributed by atoms with Crippen molar-refractivity contribution in [1.82, 2.24) is 4.72 Å². The Kier molecular flexibility index (Phi) is 8.33. The van der Waals surface area contributed by atoms with E-state index in [0.29, 0.717) is 31.9 Å². The first-order valence-corrected chi connectivity index (χ1v) is 17.7. The molecule has 2 aliphatic carbocycles. The Bertz CT molecular complexity index is 1530. The van der Waals surface area contributed by atoms with Gasteiger partial charge in [-0.15, -0.1) is 0 Å². The van der Waals surface area contributed by atoms with Crippen molar-refractivity contribution in [3.63, 3.8) is 0 Å². The summed E-state index contributed by atoms with van der Waals surface area (Å²) in [6, 6.07) is 11.4. The highest BCUT2D eigenvalue weighted by molar-refractivity contribution is 7.90. The molecule has 2 aliphatic heterocycles. The number of aliphatic hydroxyl groups excluding tert-OH is 1. The van der Waals surface area contributed by atoms with Crippen molar-refractivity contribution in [2.75, 3.05) is 24.6 Å². The molecule has 0 aromatic heterocycles. The summed E-state index contributed by atoms with van der Waals surface area (Å²) >= 11 is 6.40. The Hall–Kier alpha value is -2.55. The second-order valence-electron chi connectivity index (χ2n) is 13.3. The third-order valence-corrected chi connectivity index (χ3v) is 13.0. The van der Waals surface area contributed by atoms with Crippen LogP contribution >= 0.6 is 11.6 Å². The second kappa shape index (κ2) is 11.8. The minimum absolute atomic E-state index is 0.0916. The largest absolute Gasteiger partial charge is 0.490 e. The van der Waals surface area contributed by atoms with Crippen molar-refractivity contribution in [3.05, 3.63) is 70.3 Å². The van der Waals surface area contributed by atoms with Crippen LogP contribution < -0.4 is 14.4 Å². The standard InChI is InChI=1S/C34H43ClN2O5S/c1-4-32-22(3)21(2)7-13-30(38)27-11-8-25(27)18-37-19-34(15-5-6-23-16-26(35)10-12-28(23)34)20-42-31-14-9-24(17-29(31)37)33(39)36-43(32,40)41/h7,9-10,12-14,16-17,21-22,25,27,30,32,38H,4-6,8,11,15,18-20H2,1-3H3,(H,36,39)/b13-7+/t21-,22-,25-,27+,30-,32+,34-/m0/s1. The number of sulfonamides is 1. The number of ether oxygens (including phenoxy) is 1. The van der Waals surface area contributed by atoms with E-state index in [4.69, 9.17) is 16.3 Å². The number of hydrogen-bond donors (Lipinski definition) is 2. The second-order valence-corrected chi connectivity index (χ2v) is 15.6. The molecule has 0 saturated heterocycles. The zero-order valence-corrected chi connectivity index (χ0v) is 26.8. The van der Waals surface area contributed by atoms with Crippen molar-refractivity contribution >= 4 is 33.2 Å². The molecule has 2 heterocycles. The van der Waals surface area contributed by atoms with Crippen LogP contribution in [0, 0.1) is 23.7 Å². The van der Waals surface area contributed by atoms with Gasteiger partial charge in [-0.2, -0.15) is 0 Å². The van der Waals surface area contributed by atoms with E-state index in [9.17, 15) is 18.3 Å². The average molecular weight is 627 g/mol. The van der Waals surface area contributed by atoms with E-state index in [2.05, 4.69) is 21.8 Å². The molecular weight excluding hydrogens is 584 g/mol. The molecule has 0 radical (unpaired) electrons. The monoisotopic (exact) mass is 626 g/mol. The van der Waals surface area contributed by atoms with Crippen LogP contribution in [0.5, 0.6) is 5.75 Å². The highest BCUT2D eigenvalue weighted by Crippen LogP contribution is 2.47. The lowest BCUT2D eigenvalue weighted by Crippen LogP contribution is -2.49. The van der Waals surface area contributed by atoms with E-state index in [1.165, 1.54) is 11.1 Å². The van der Waals surface area contributed by atoms with E-state index in [1.54, 1.807) is 18.2 Å². The predicted octanol–water partition coefficient (Wildman–Crippen LogP) is 5.88. The summed E-state index contributed by atoms with van der Waals surface area (Å²) in [5.41, 5.74) is 3.33. The van der Waals surface area contributed by atoms with Gasteiger partial charge in [0.2, 0.25) is 10.0 Å². The summed E-state index contributed by atoms with van der Waals surface area (Å²) in [6.07, 6.45) is 8.51. The number of aryl methyl sites for hydroxylation is 1. The number of carbonyl (C=O) groups excluding carboxylic acids is 1. The first kappa shape index (κ1) is 30.5. The van der Waals surface area contributed by atoms with Crippen molar-refractivity contribution in [2.24, 2.45) is 23.7 Å². The van der Waals surface area contributed by atoms with E-state index < -0.39 is 27.3 Å². The summed E-state index contributed by atoms with van der Waals surface area (Å²) < 4.78 is 35.9. The van der Waals surface area contributed by atoms with Crippen LogP contribution in [-0.4, -0.2) is 50.5 Å². The van der Waals surface area contributed by atoms with Gasteiger partial charge in [-0.25, -0.2) is 13.1 Å². The normalized spacial score (nSPS) is 34.5. The van der Waals surface area contributed by atoms with E-state index >= 15 is 0 Å². The fraction of sp³-hybridized carbons (Fsp3) is 0.559. The van der Waals surface area contributed by atoms with Crippen LogP contribution in [0.2, 0.25) is 5.02 Å². The quantitative estimate of drug-likeness (QED) is 0.384. The summed E-state index contributed by atoms with van der Waals surface area (Å²) in [5.74, 6) is 0.110. The Balaban J connectivity index is 1.43. The van der Waals surface area contributed by atoms with Crippen LogP contribution in [0.1, 0.15) is 74.4 Å². The van der Waals surface area contributed by atoms with Crippen LogP contribution in [0.15, 0.2) is 48.6 Å². The molecule has 232 valence electrons. The smallest absolute Gasteiger partial charge is 0.264 e. The van der Waals surface area contributed by atoms with Gasteiger partial charge in [-0.05, 0) is 104 Å². The summed E-state index contributed by atoms with van der Waals surface area (Å²) in [5, 5.41) is 11.3. The van der Waals surface area contributed by atoms with Gasteiger partial charge in [0.15, 0.2) is 0 Å². The van der Waals surface area contributed by atoms with Gasteiger partial charge in [0.1, 0.15) is 5.75 Å². The number of carbonyl (C=O) groups is 1. The molecular formula is C34H43ClN2O5S. The van der Waals surface area contributed by atoms with Crippen molar-refractivity contribution in [3.8, 4) is 5.75 Å². The lowest BCUT2D eigenvalue weighted by atomic mass is 9.68. The number of halogens is 1. The van der Waals surface area contributed by atoms with Gasteiger partial charge in [-0.1, -0.05) is 50.6 Å². The van der Waals surface area contributed by atoms with Crippen molar-refractivity contribution in [2.45, 2.75) is 76.1 Å². The maximum absolute atomic E-state index is 13.5. The number of hydrogen-bond acceptors (Lipinski definition) is 6. The first-order valence-electron chi connectivity index (χ1n) is 15.7. The molecule has 1 amide bonds. The molecule has 2 aromatic rings. The molecule has 1 fully saturated rings. The molecule has 2 N–H and O–H groups in total. The maximum Gasteiger partial charge on any atom is 0.264 e. The number of nitrogens with zero attached hydrogens (tertiary/aromatic N) is 1. The van der Waals surface area contributed by atoms with Gasteiger partial charge in [-0.3, -0.25) is 4.79 Å². The Morgan fingerprint density at radius 1 is 1.14 bits per heavy atom. The summed E-state index contributed by atoms with van der Waals surface area (Å²) in [7, 11) is -3.96. The molecule has 2 bridgehead atoms. The zero-order valence-electron chi connectivity index (χ0n) is 25.3. The minimum atomic E-state index is -3.96. The molecule has 1 saturated carbocycles. The first-order chi connectivity index (χ1) is 20.5. The van der Waals surface area contributed by atoms with E-state index in [1.807, 2.05) is 39.0 Å². The fourth-order valence-electron chi connectivity index (χ4n) is 7.89. The molecule has 43 heavy (non-hydrogen) atoms. The van der Waals surface area contributed by atoms with E-state index in [0.717, 1.165) is 42.8 Å². The molecule has 9 heteroatoms. The van der Waals surface area contributed by atoms with Crippen LogP contribution in [0.25, 0.3) is 0 Å². The molecule has 2 aromatic carbocycles. The predicted molar refractivity (Wildman–Crippen MR) is 170 cm³/mol. The van der Waals surface area contributed by atoms with Gasteiger partial charge < -0.3 is 14.7 Å². The molecule has 6 rings (SSSR count). The van der Waals surface area contributed by atoms with Gasteiger partial charge in [0, 0.05) is 29.1 Å². The zero-order chi connectivity index (χ0) is 30.5. The van der Waals surface area contributed by atoms with Gasteiger partial charge in [0.25, 0.3) is 5.91 Å². The highest BCUT2D eigenvalue weighted by atomic mass is 35.5. The molecule has 7 atom stereocenters. The number of amides is 1. The van der Waals surface area contributed by atoms with Crippen LogP contribution in [-0.2, 0) is 21.9 Å². The lowest BCUT2D eigenvalue weighted by Gasteiger charge is -2.45. The number of anilines is 1. The fourth-order valence-corrected chi connectivity index (χ4v) is 9.87. The van der Waals surface area contributed by atoms with Crippen LogP contribution in [0.3, 0.4) is 0 Å². The highest BCUT2D eigenvalue weighted by Gasteiger charge is 2.44. The molecule has 0 unspecified atom stereocenters. The number of rotatable bonds is 1. The average Bonchev–Trinajstić information content (AvgIpc) is 3.10. The molecule has 4 aliphatic rings. The number of allylic oxidation sites excluding steroid dienone is 1. The Morgan fingerprint density at radius 2 is 1.95 bits per heavy atom. The van der Waals surface area contributed by atoms with Crippen molar-refractivity contribution in [1.29, 1.82) is 0 Å². The Morgan fingerprint density at radius 3 is 2.70 bits per heavy atom. The third kappa shape index (κ3) is 5.71. The molecule has 7 nitrogen and oxygen atoms in total. The molecule has 1 spiro atoms. The minimum Gasteiger partial charge on any atom is -0.490 e. The maximum atomic E-state index is 13.5. The summed E-state index contributed by atoms with van der Waals surface area (Å²) in [6.45, 7) is 7.62. The van der Waals surface area contributed by atoms with Gasteiger partial charge >= 0.3 is 0 Å². The van der Waals surface area contributed by atoms with Gasteiger partial charge in [0.05, 0.1) is 23.6 Å². The van der Waals surface area contributed by atoms with E-state index in [-0.39, 0.29) is 34.7 Å². The number of nitrogens with one attached hydrogen (secondary N) is 1. The number of benzene rings is 2. The number of aliphatic hydroxyl groups is 1. The number of fused-ring (bicyclic) bond motifs is 4. The Labute approximate surface area is 260 Å². The topological polar surface area (TPSA) is 95.9 Å². The SMILES string of the molecule is CC[C@@H]1[C@@H](C)[C@@H](C)/C=C/[C@H](O)[C@@H]2CC[C@H]2CN2C[C@@]3(CCCc4cc(Cl)ccc43)COc3ccc(cc32)C(=O)NS1(=O)=O. The third-order valence-electron chi connectivity index (χ3n) is 10.7.